The lowest BCUT2D eigenvalue weighted by molar-refractivity contribution is -0.134. The molecule has 0 aromatic heterocycles. The van der Waals surface area contributed by atoms with Gasteiger partial charge in [0.1, 0.15) is 6.61 Å². The van der Waals surface area contributed by atoms with E-state index in [1.807, 2.05) is 6.92 Å². The first-order chi connectivity index (χ1) is 11.4. The molecule has 0 aromatic carbocycles. The molecule has 4 aliphatic rings. The van der Waals surface area contributed by atoms with Crippen molar-refractivity contribution < 1.29 is 15.0 Å². The van der Waals surface area contributed by atoms with Crippen LogP contribution in [-0.4, -0.2) is 28.2 Å². The van der Waals surface area contributed by atoms with Crippen molar-refractivity contribution in [2.24, 2.45) is 40.9 Å². The summed E-state index contributed by atoms with van der Waals surface area (Å²) in [6.45, 7) is 4.09. The Kier molecular flexibility index (Phi) is 4.12. The molecule has 2 N–H and O–H groups in total. The number of hydrogen-bond acceptors (Lipinski definition) is 3. The highest BCUT2D eigenvalue weighted by Crippen LogP contribution is 2.64. The van der Waals surface area contributed by atoms with Gasteiger partial charge >= 0.3 is 0 Å². The van der Waals surface area contributed by atoms with Gasteiger partial charge in [-0.15, -0.1) is 0 Å². The third-order valence-electron chi connectivity index (χ3n) is 8.78. The summed E-state index contributed by atoms with van der Waals surface area (Å²) in [6, 6.07) is 0. The van der Waals surface area contributed by atoms with Crippen LogP contribution in [0.5, 0.6) is 0 Å². The molecule has 0 bridgehead atoms. The molecule has 3 heteroatoms. The molecule has 4 saturated carbocycles. The number of aliphatic hydroxyl groups excluding tert-OH is 1. The standard InChI is InChI=1S/C21H34O3/c1-20(24)9-7-14-13(11-20)3-4-16-15(14)8-10-21(2)17(16)5-6-18(21)19(23)12-22/h13-18,22,24H,3-12H2,1-2H3/t13-,14+,15-,16-,17?,18-,20+,21+/m1/s1. The second-order valence-corrected chi connectivity index (χ2v) is 9.97. The average Bonchev–Trinajstić information content (AvgIpc) is 2.90. The van der Waals surface area contributed by atoms with Gasteiger partial charge in [-0.3, -0.25) is 4.79 Å². The number of carbonyl (C=O) groups is 1. The SMILES string of the molecule is C[C@]1(O)CC[C@H]2[C@H](CC[C@H]3C4CC[C@H](C(=O)CO)[C@@]4(C)CC[C@H]23)C1. The molecule has 0 heterocycles. The highest BCUT2D eigenvalue weighted by atomic mass is 16.3. The van der Waals surface area contributed by atoms with E-state index in [2.05, 4.69) is 6.92 Å². The summed E-state index contributed by atoms with van der Waals surface area (Å²) in [4.78, 5) is 12.3. The van der Waals surface area contributed by atoms with Crippen molar-refractivity contribution in [3.63, 3.8) is 0 Å². The maximum absolute atomic E-state index is 12.3. The summed E-state index contributed by atoms with van der Waals surface area (Å²) < 4.78 is 0. The van der Waals surface area contributed by atoms with Crippen LogP contribution in [0.2, 0.25) is 0 Å². The van der Waals surface area contributed by atoms with E-state index in [1.54, 1.807) is 0 Å². The Bertz CT molecular complexity index is 513. The van der Waals surface area contributed by atoms with Crippen molar-refractivity contribution in [3.05, 3.63) is 0 Å². The van der Waals surface area contributed by atoms with E-state index in [0.717, 1.165) is 49.4 Å². The summed E-state index contributed by atoms with van der Waals surface area (Å²) in [6.07, 6.45) is 10.3. The van der Waals surface area contributed by atoms with Crippen LogP contribution in [0.3, 0.4) is 0 Å². The minimum Gasteiger partial charge on any atom is -0.390 e. The fourth-order valence-corrected chi connectivity index (χ4v) is 7.72. The quantitative estimate of drug-likeness (QED) is 0.812. The Hall–Kier alpha value is -0.410. The first kappa shape index (κ1) is 17.0. The Morgan fingerprint density at radius 1 is 0.958 bits per heavy atom. The molecule has 136 valence electrons. The topological polar surface area (TPSA) is 57.5 Å². The zero-order valence-electron chi connectivity index (χ0n) is 15.3. The molecule has 8 atom stereocenters. The van der Waals surface area contributed by atoms with E-state index >= 15 is 0 Å². The summed E-state index contributed by atoms with van der Waals surface area (Å²) in [5, 5.41) is 19.8. The number of Topliss-reactive ketones (excluding diaryl/α,β-unsaturated/α-hetero) is 1. The van der Waals surface area contributed by atoms with E-state index in [-0.39, 0.29) is 23.7 Å². The molecule has 4 aliphatic carbocycles. The Balaban J connectivity index is 1.54. The number of carbonyl (C=O) groups excluding carboxylic acids is 1. The van der Waals surface area contributed by atoms with Crippen LogP contribution in [0.4, 0.5) is 0 Å². The van der Waals surface area contributed by atoms with Gasteiger partial charge in [-0.2, -0.15) is 0 Å². The first-order valence-corrected chi connectivity index (χ1v) is 10.2. The number of rotatable bonds is 2. The van der Waals surface area contributed by atoms with Gasteiger partial charge in [-0.25, -0.2) is 0 Å². The van der Waals surface area contributed by atoms with E-state index in [1.165, 1.54) is 32.1 Å². The summed E-state index contributed by atoms with van der Waals surface area (Å²) in [5.41, 5.74) is -0.308. The normalized spacial score (nSPS) is 53.8. The van der Waals surface area contributed by atoms with E-state index in [0.29, 0.717) is 5.92 Å². The third kappa shape index (κ3) is 2.49. The molecule has 0 saturated heterocycles. The molecular formula is C21H34O3. The first-order valence-electron chi connectivity index (χ1n) is 10.2. The van der Waals surface area contributed by atoms with Crippen LogP contribution >= 0.6 is 0 Å². The lowest BCUT2D eigenvalue weighted by Gasteiger charge is -2.56. The largest absolute Gasteiger partial charge is 0.390 e. The lowest BCUT2D eigenvalue weighted by Crippen LogP contribution is -2.51. The monoisotopic (exact) mass is 334 g/mol. The molecule has 0 radical (unpaired) electrons. The number of fused-ring (bicyclic) bond motifs is 5. The summed E-state index contributed by atoms with van der Waals surface area (Å²) in [7, 11) is 0. The molecule has 0 aromatic rings. The summed E-state index contributed by atoms with van der Waals surface area (Å²) >= 11 is 0. The van der Waals surface area contributed by atoms with Crippen LogP contribution in [-0.2, 0) is 4.79 Å². The molecule has 0 amide bonds. The van der Waals surface area contributed by atoms with Gasteiger partial charge in [0, 0.05) is 5.92 Å². The fourth-order valence-electron chi connectivity index (χ4n) is 7.72. The van der Waals surface area contributed by atoms with Crippen LogP contribution in [0.1, 0.15) is 71.6 Å². The molecule has 3 nitrogen and oxygen atoms in total. The molecule has 1 unspecified atom stereocenters. The van der Waals surface area contributed by atoms with Gasteiger partial charge in [0.25, 0.3) is 0 Å². The van der Waals surface area contributed by atoms with Crippen molar-refractivity contribution in [1.82, 2.24) is 0 Å². The van der Waals surface area contributed by atoms with Gasteiger partial charge in [0.2, 0.25) is 0 Å². The Labute approximate surface area is 146 Å². The molecule has 4 fully saturated rings. The predicted molar refractivity (Wildman–Crippen MR) is 93.3 cm³/mol. The van der Waals surface area contributed by atoms with Gasteiger partial charge < -0.3 is 10.2 Å². The smallest absolute Gasteiger partial charge is 0.161 e. The zero-order chi connectivity index (χ0) is 17.1. The van der Waals surface area contributed by atoms with E-state index in [4.69, 9.17) is 0 Å². The van der Waals surface area contributed by atoms with Gasteiger partial charge in [-0.05, 0) is 99.7 Å². The molecular weight excluding hydrogens is 300 g/mol. The molecule has 0 spiro atoms. The van der Waals surface area contributed by atoms with Crippen LogP contribution in [0, 0.1) is 40.9 Å². The van der Waals surface area contributed by atoms with Crippen LogP contribution in [0.15, 0.2) is 0 Å². The maximum atomic E-state index is 12.3. The fraction of sp³-hybridized carbons (Fsp3) is 0.952. The lowest BCUT2D eigenvalue weighted by atomic mass is 9.49. The second kappa shape index (κ2) is 5.81. The van der Waals surface area contributed by atoms with Crippen molar-refractivity contribution in [2.75, 3.05) is 6.61 Å². The van der Waals surface area contributed by atoms with E-state index < -0.39 is 5.60 Å². The van der Waals surface area contributed by atoms with E-state index in [9.17, 15) is 15.0 Å². The average molecular weight is 335 g/mol. The minimum absolute atomic E-state index is 0.0841. The van der Waals surface area contributed by atoms with Gasteiger partial charge in [-0.1, -0.05) is 6.92 Å². The van der Waals surface area contributed by atoms with Crippen LogP contribution < -0.4 is 0 Å². The number of aliphatic hydroxyl groups is 2. The Morgan fingerprint density at radius 3 is 2.46 bits per heavy atom. The van der Waals surface area contributed by atoms with Gasteiger partial charge in [0.05, 0.1) is 5.60 Å². The minimum atomic E-state index is -0.441. The molecule has 0 aliphatic heterocycles. The van der Waals surface area contributed by atoms with Crippen LogP contribution in [0.25, 0.3) is 0 Å². The van der Waals surface area contributed by atoms with Crippen molar-refractivity contribution in [2.45, 2.75) is 77.2 Å². The summed E-state index contributed by atoms with van der Waals surface area (Å²) in [5.74, 6) is 3.99. The van der Waals surface area contributed by atoms with Crippen molar-refractivity contribution >= 4 is 5.78 Å². The number of hydrogen-bond donors (Lipinski definition) is 2. The molecule has 24 heavy (non-hydrogen) atoms. The third-order valence-corrected chi connectivity index (χ3v) is 8.78. The predicted octanol–water partition coefficient (Wildman–Crippen LogP) is 3.57. The van der Waals surface area contributed by atoms with Crippen molar-refractivity contribution in [1.29, 1.82) is 0 Å². The zero-order valence-corrected chi connectivity index (χ0v) is 15.3. The highest BCUT2D eigenvalue weighted by molar-refractivity contribution is 5.83. The van der Waals surface area contributed by atoms with Gasteiger partial charge in [0.15, 0.2) is 5.78 Å². The maximum Gasteiger partial charge on any atom is 0.161 e. The Morgan fingerprint density at radius 2 is 1.71 bits per heavy atom. The number of ketones is 1. The second-order valence-electron chi connectivity index (χ2n) is 9.97. The molecule has 4 rings (SSSR count). The van der Waals surface area contributed by atoms with Crippen molar-refractivity contribution in [3.8, 4) is 0 Å². The highest BCUT2D eigenvalue weighted by Gasteiger charge is 2.58.